The van der Waals surface area contributed by atoms with Crippen molar-refractivity contribution in [1.82, 2.24) is 9.97 Å². The van der Waals surface area contributed by atoms with Crippen molar-refractivity contribution in [2.45, 2.75) is 38.5 Å². The number of carbonyl (C=O) groups is 1. The fraction of sp³-hybridized carbons (Fsp3) is 0.350. The first-order valence-electron chi connectivity index (χ1n) is 8.64. The number of aryl methyl sites for hydroxylation is 1. The molecule has 2 heterocycles. The largest absolute Gasteiger partial charge is 0.495 e. The summed E-state index contributed by atoms with van der Waals surface area (Å²) < 4.78 is 5.16. The Morgan fingerprint density at radius 3 is 2.85 bits per heavy atom. The van der Waals surface area contributed by atoms with Crippen molar-refractivity contribution in [1.29, 1.82) is 0 Å². The molecule has 0 N–H and O–H groups in total. The van der Waals surface area contributed by atoms with E-state index in [1.165, 1.54) is 18.4 Å². The molecule has 4 rings (SSSR count). The van der Waals surface area contributed by atoms with E-state index in [0.717, 1.165) is 26.5 Å². The Labute approximate surface area is 161 Å². The van der Waals surface area contributed by atoms with Gasteiger partial charge in [0, 0.05) is 19.0 Å². The molecule has 1 aromatic carbocycles. The molecular weight excluding hydrogens is 368 g/mol. The zero-order chi connectivity index (χ0) is 18.3. The van der Waals surface area contributed by atoms with E-state index in [9.17, 15) is 4.79 Å². The van der Waals surface area contributed by atoms with Crippen LogP contribution in [0.2, 0.25) is 5.02 Å². The molecule has 0 saturated heterocycles. The average Bonchev–Trinajstić information content (AvgIpc) is 3.35. The molecule has 1 fully saturated rings. The number of methoxy groups -OCH3 is 1. The number of nitrogens with zero attached hydrogens (tertiary/aromatic N) is 2. The minimum Gasteiger partial charge on any atom is -0.495 e. The van der Waals surface area contributed by atoms with Crippen LogP contribution in [-0.2, 0) is 17.6 Å². The molecule has 1 aliphatic rings. The minimum atomic E-state index is 0.154. The number of rotatable bonds is 6. The summed E-state index contributed by atoms with van der Waals surface area (Å²) in [5.41, 5.74) is 4.15. The molecule has 1 aliphatic carbocycles. The van der Waals surface area contributed by atoms with E-state index < -0.39 is 0 Å². The number of Topliss-reactive ketones (excluding diaryl/α,β-unsaturated/α-hetero) is 1. The Balaban J connectivity index is 1.58. The smallest absolute Gasteiger partial charge is 0.143 e. The molecule has 0 unspecified atom stereocenters. The Morgan fingerprint density at radius 1 is 1.35 bits per heavy atom. The highest BCUT2D eigenvalue weighted by Gasteiger charge is 2.30. The van der Waals surface area contributed by atoms with E-state index in [1.54, 1.807) is 30.6 Å². The molecule has 4 nitrogen and oxygen atoms in total. The van der Waals surface area contributed by atoms with Crippen LogP contribution in [0.1, 0.15) is 40.5 Å². The van der Waals surface area contributed by atoms with Crippen molar-refractivity contribution in [3.05, 3.63) is 51.1 Å². The van der Waals surface area contributed by atoms with Gasteiger partial charge in [-0.3, -0.25) is 4.79 Å². The highest BCUT2D eigenvalue weighted by molar-refractivity contribution is 7.18. The van der Waals surface area contributed by atoms with Crippen LogP contribution in [0.5, 0.6) is 5.75 Å². The lowest BCUT2D eigenvalue weighted by Gasteiger charge is -2.09. The summed E-state index contributed by atoms with van der Waals surface area (Å²) in [5.74, 6) is 1.30. The van der Waals surface area contributed by atoms with Gasteiger partial charge in [0.2, 0.25) is 0 Å². The lowest BCUT2D eigenvalue weighted by atomic mass is 9.97. The highest BCUT2D eigenvalue weighted by Crippen LogP contribution is 2.45. The van der Waals surface area contributed by atoms with Gasteiger partial charge in [-0.15, -0.1) is 0 Å². The number of ketones is 1. The molecule has 0 aliphatic heterocycles. The number of aromatic nitrogens is 2. The topological polar surface area (TPSA) is 52.1 Å². The van der Waals surface area contributed by atoms with Gasteiger partial charge in [-0.2, -0.15) is 0 Å². The fourth-order valence-corrected chi connectivity index (χ4v) is 4.38. The number of hydrogen-bond donors (Lipinski definition) is 0. The average molecular weight is 387 g/mol. The van der Waals surface area contributed by atoms with Crippen LogP contribution < -0.4 is 4.74 Å². The number of fused-ring (bicyclic) bond motifs is 1. The number of halogens is 1. The number of benzene rings is 1. The summed E-state index contributed by atoms with van der Waals surface area (Å²) in [5, 5.41) is 1.54. The van der Waals surface area contributed by atoms with E-state index in [0.29, 0.717) is 29.5 Å². The third kappa shape index (κ3) is 3.46. The van der Waals surface area contributed by atoms with Crippen molar-refractivity contribution >= 4 is 39.1 Å². The number of thiazole rings is 1. The van der Waals surface area contributed by atoms with Crippen LogP contribution >= 0.6 is 22.9 Å². The first kappa shape index (κ1) is 17.4. The maximum atomic E-state index is 12.7. The first-order chi connectivity index (χ1) is 12.5. The molecule has 134 valence electrons. The monoisotopic (exact) mass is 386 g/mol. The Morgan fingerprint density at radius 2 is 2.15 bits per heavy atom. The Kier molecular flexibility index (Phi) is 4.67. The van der Waals surface area contributed by atoms with Crippen molar-refractivity contribution in [3.8, 4) is 5.75 Å². The van der Waals surface area contributed by atoms with Crippen LogP contribution in [0.4, 0.5) is 0 Å². The number of hydrogen-bond acceptors (Lipinski definition) is 5. The number of carbonyl (C=O) groups excluding carboxylic acids is 1. The molecule has 0 bridgehead atoms. The molecule has 0 radical (unpaired) electrons. The van der Waals surface area contributed by atoms with Gasteiger partial charge in [0.1, 0.15) is 21.9 Å². The molecule has 0 spiro atoms. The van der Waals surface area contributed by atoms with Crippen LogP contribution in [0.25, 0.3) is 10.3 Å². The SMILES string of the molecule is COc1ccc(CC(=O)Cc2cnc3sc(C)nc3c2C2CC2)cc1Cl. The molecule has 0 atom stereocenters. The van der Waals surface area contributed by atoms with Crippen LogP contribution in [0, 0.1) is 6.92 Å². The zero-order valence-electron chi connectivity index (χ0n) is 14.7. The summed E-state index contributed by atoms with van der Waals surface area (Å²) in [7, 11) is 1.58. The van der Waals surface area contributed by atoms with Gasteiger partial charge in [-0.1, -0.05) is 29.0 Å². The van der Waals surface area contributed by atoms with Gasteiger partial charge in [0.25, 0.3) is 0 Å². The second-order valence-corrected chi connectivity index (χ2v) is 8.31. The van der Waals surface area contributed by atoms with Crippen molar-refractivity contribution < 1.29 is 9.53 Å². The third-order valence-corrected chi connectivity index (χ3v) is 5.82. The Bertz CT molecular complexity index is 995. The maximum Gasteiger partial charge on any atom is 0.143 e. The van der Waals surface area contributed by atoms with Gasteiger partial charge >= 0.3 is 0 Å². The van der Waals surface area contributed by atoms with Crippen LogP contribution in [0.3, 0.4) is 0 Å². The third-order valence-electron chi connectivity index (χ3n) is 4.65. The van der Waals surface area contributed by atoms with Gasteiger partial charge in [-0.25, -0.2) is 9.97 Å². The van der Waals surface area contributed by atoms with E-state index in [4.69, 9.17) is 16.3 Å². The van der Waals surface area contributed by atoms with Gasteiger partial charge < -0.3 is 4.74 Å². The molecular formula is C20H19ClN2O2S. The second kappa shape index (κ2) is 6.97. The summed E-state index contributed by atoms with van der Waals surface area (Å²) in [4.78, 5) is 22.8. The molecule has 3 aromatic rings. The molecule has 2 aromatic heterocycles. The highest BCUT2D eigenvalue weighted by atomic mass is 35.5. The molecule has 1 saturated carbocycles. The number of ether oxygens (including phenoxy) is 1. The lowest BCUT2D eigenvalue weighted by molar-refractivity contribution is -0.117. The predicted molar refractivity (Wildman–Crippen MR) is 105 cm³/mol. The van der Waals surface area contributed by atoms with Crippen molar-refractivity contribution in [3.63, 3.8) is 0 Å². The summed E-state index contributed by atoms with van der Waals surface area (Å²) >= 11 is 7.78. The normalized spacial score (nSPS) is 14.0. The van der Waals surface area contributed by atoms with Crippen molar-refractivity contribution in [2.24, 2.45) is 0 Å². The summed E-state index contributed by atoms with van der Waals surface area (Å²) in [6.07, 6.45) is 4.94. The quantitative estimate of drug-likeness (QED) is 0.605. The molecule has 26 heavy (non-hydrogen) atoms. The summed E-state index contributed by atoms with van der Waals surface area (Å²) in [6, 6.07) is 5.48. The maximum absolute atomic E-state index is 12.7. The second-order valence-electron chi connectivity index (χ2n) is 6.72. The number of pyridine rings is 1. The van der Waals surface area contributed by atoms with Gasteiger partial charge in [0.05, 0.1) is 17.1 Å². The zero-order valence-corrected chi connectivity index (χ0v) is 16.3. The Hall–Kier alpha value is -1.98. The van der Waals surface area contributed by atoms with Crippen LogP contribution in [-0.4, -0.2) is 22.9 Å². The van der Waals surface area contributed by atoms with Gasteiger partial charge in [-0.05, 0) is 54.5 Å². The predicted octanol–water partition coefficient (Wildman–Crippen LogP) is 4.89. The minimum absolute atomic E-state index is 0.154. The lowest BCUT2D eigenvalue weighted by Crippen LogP contribution is -2.09. The standard InChI is InChI=1S/C20H19ClN2O2S/c1-11-23-19-18(13-4-5-13)14(10-22-20(19)26-11)9-15(24)7-12-3-6-17(25-2)16(21)8-12/h3,6,8,10,13H,4-5,7,9H2,1-2H3. The summed E-state index contributed by atoms with van der Waals surface area (Å²) in [6.45, 7) is 2.00. The molecule has 6 heteroatoms. The van der Waals surface area contributed by atoms with E-state index in [-0.39, 0.29) is 5.78 Å². The van der Waals surface area contributed by atoms with E-state index >= 15 is 0 Å². The van der Waals surface area contributed by atoms with E-state index in [1.807, 2.05) is 19.2 Å². The van der Waals surface area contributed by atoms with Crippen LogP contribution in [0.15, 0.2) is 24.4 Å². The van der Waals surface area contributed by atoms with Crippen molar-refractivity contribution in [2.75, 3.05) is 7.11 Å². The first-order valence-corrected chi connectivity index (χ1v) is 9.83. The van der Waals surface area contributed by atoms with Gasteiger partial charge in [0.15, 0.2) is 0 Å². The van der Waals surface area contributed by atoms with E-state index in [2.05, 4.69) is 9.97 Å². The molecule has 0 amide bonds. The fourth-order valence-electron chi connectivity index (χ4n) is 3.33.